The summed E-state index contributed by atoms with van der Waals surface area (Å²) in [6.07, 6.45) is 4.33. The van der Waals surface area contributed by atoms with Crippen LogP contribution in [-0.4, -0.2) is 11.5 Å². The largest absolute Gasteiger partial charge is 0.455 e. The van der Waals surface area contributed by atoms with Crippen LogP contribution in [0.25, 0.3) is 0 Å². The van der Waals surface area contributed by atoms with Crippen molar-refractivity contribution in [2.45, 2.75) is 26.3 Å². The standard InChI is InChI=1S/C16H18BrClN2O/c1-3-6-20-11(2)15-5-4-12(17)7-16(15)21-14-8-13(18)9-19-10-14/h4-5,7-11,20H,3,6H2,1-2H3. The second-order valence-corrected chi connectivity index (χ2v) is 6.15. The fourth-order valence-corrected chi connectivity index (χ4v) is 2.50. The second-order valence-electron chi connectivity index (χ2n) is 4.80. The Morgan fingerprint density at radius 3 is 2.86 bits per heavy atom. The van der Waals surface area contributed by atoms with Crippen LogP contribution in [0.3, 0.4) is 0 Å². The van der Waals surface area contributed by atoms with E-state index in [9.17, 15) is 0 Å². The lowest BCUT2D eigenvalue weighted by atomic mass is 10.1. The number of nitrogens with one attached hydrogen (secondary N) is 1. The quantitative estimate of drug-likeness (QED) is 0.745. The van der Waals surface area contributed by atoms with Crippen molar-refractivity contribution in [3.63, 3.8) is 0 Å². The van der Waals surface area contributed by atoms with Gasteiger partial charge in [0.25, 0.3) is 0 Å². The van der Waals surface area contributed by atoms with E-state index in [2.05, 4.69) is 46.1 Å². The molecule has 2 rings (SSSR count). The van der Waals surface area contributed by atoms with Gasteiger partial charge >= 0.3 is 0 Å². The third kappa shape index (κ3) is 4.70. The van der Waals surface area contributed by atoms with E-state index in [1.54, 1.807) is 18.5 Å². The lowest BCUT2D eigenvalue weighted by Crippen LogP contribution is -2.19. The highest BCUT2D eigenvalue weighted by molar-refractivity contribution is 9.10. The van der Waals surface area contributed by atoms with Crippen molar-refractivity contribution in [3.8, 4) is 11.5 Å². The molecule has 0 fully saturated rings. The van der Waals surface area contributed by atoms with E-state index >= 15 is 0 Å². The van der Waals surface area contributed by atoms with Crippen molar-refractivity contribution < 1.29 is 4.74 Å². The highest BCUT2D eigenvalue weighted by atomic mass is 79.9. The third-order valence-corrected chi connectivity index (χ3v) is 3.75. The summed E-state index contributed by atoms with van der Waals surface area (Å²) in [7, 11) is 0. The van der Waals surface area contributed by atoms with Crippen molar-refractivity contribution in [1.82, 2.24) is 10.3 Å². The Bertz CT molecular complexity index is 607. The van der Waals surface area contributed by atoms with Gasteiger partial charge in [-0.1, -0.05) is 40.5 Å². The average Bonchev–Trinajstić information content (AvgIpc) is 2.45. The van der Waals surface area contributed by atoms with Gasteiger partial charge in [-0.2, -0.15) is 0 Å². The molecule has 0 radical (unpaired) electrons. The van der Waals surface area contributed by atoms with Crippen LogP contribution >= 0.6 is 27.5 Å². The molecule has 112 valence electrons. The van der Waals surface area contributed by atoms with Crippen LogP contribution in [0.15, 0.2) is 41.1 Å². The molecule has 0 spiro atoms. The minimum absolute atomic E-state index is 0.209. The molecule has 0 bridgehead atoms. The number of hydrogen-bond acceptors (Lipinski definition) is 3. The van der Waals surface area contributed by atoms with Gasteiger partial charge in [-0.3, -0.25) is 4.98 Å². The first kappa shape index (κ1) is 16.3. The molecule has 0 aliphatic carbocycles. The minimum Gasteiger partial charge on any atom is -0.455 e. The van der Waals surface area contributed by atoms with Crippen molar-refractivity contribution in [2.75, 3.05) is 6.54 Å². The Kier molecular flexibility index (Phi) is 6.03. The molecule has 1 N–H and O–H groups in total. The van der Waals surface area contributed by atoms with E-state index in [4.69, 9.17) is 16.3 Å². The Labute approximate surface area is 138 Å². The number of aromatic nitrogens is 1. The van der Waals surface area contributed by atoms with E-state index in [-0.39, 0.29) is 6.04 Å². The third-order valence-electron chi connectivity index (χ3n) is 3.05. The summed E-state index contributed by atoms with van der Waals surface area (Å²) >= 11 is 9.43. The Hall–Kier alpha value is -1.10. The summed E-state index contributed by atoms with van der Waals surface area (Å²) in [5.41, 5.74) is 1.10. The number of nitrogens with zero attached hydrogens (tertiary/aromatic N) is 1. The van der Waals surface area contributed by atoms with Crippen molar-refractivity contribution in [3.05, 3.63) is 51.7 Å². The molecular formula is C16H18BrClN2O. The number of halogens is 2. The Balaban J connectivity index is 2.26. The fraction of sp³-hybridized carbons (Fsp3) is 0.312. The molecule has 1 atom stereocenters. The van der Waals surface area contributed by atoms with E-state index < -0.39 is 0 Å². The predicted octanol–water partition coefficient (Wildman–Crippen LogP) is 5.35. The Morgan fingerprint density at radius 2 is 2.14 bits per heavy atom. The first-order chi connectivity index (χ1) is 10.1. The maximum absolute atomic E-state index is 5.96. The maximum atomic E-state index is 5.96. The monoisotopic (exact) mass is 368 g/mol. The normalized spacial score (nSPS) is 12.2. The molecule has 1 unspecified atom stereocenters. The molecule has 1 aromatic heterocycles. The molecule has 1 heterocycles. The van der Waals surface area contributed by atoms with Gasteiger partial charge in [0.05, 0.1) is 11.2 Å². The zero-order chi connectivity index (χ0) is 15.2. The summed E-state index contributed by atoms with van der Waals surface area (Å²) < 4.78 is 6.93. The van der Waals surface area contributed by atoms with Gasteiger partial charge in [0.2, 0.25) is 0 Å². The van der Waals surface area contributed by atoms with E-state index in [0.29, 0.717) is 10.8 Å². The highest BCUT2D eigenvalue weighted by Crippen LogP contribution is 2.32. The predicted molar refractivity (Wildman–Crippen MR) is 90.2 cm³/mol. The van der Waals surface area contributed by atoms with Crippen LogP contribution in [0.4, 0.5) is 0 Å². The molecule has 0 amide bonds. The van der Waals surface area contributed by atoms with Crippen molar-refractivity contribution in [2.24, 2.45) is 0 Å². The zero-order valence-corrected chi connectivity index (χ0v) is 14.4. The maximum Gasteiger partial charge on any atom is 0.147 e. The number of pyridine rings is 1. The summed E-state index contributed by atoms with van der Waals surface area (Å²) in [6.45, 7) is 5.24. The molecule has 2 aromatic rings. The van der Waals surface area contributed by atoms with Crippen LogP contribution in [0, 0.1) is 0 Å². The van der Waals surface area contributed by atoms with Crippen LogP contribution in [-0.2, 0) is 0 Å². The minimum atomic E-state index is 0.209. The van der Waals surface area contributed by atoms with Gasteiger partial charge in [0, 0.05) is 28.3 Å². The summed E-state index contributed by atoms with van der Waals surface area (Å²) in [6, 6.07) is 8.00. The highest BCUT2D eigenvalue weighted by Gasteiger charge is 2.12. The lowest BCUT2D eigenvalue weighted by molar-refractivity contribution is 0.459. The molecule has 5 heteroatoms. The Morgan fingerprint density at radius 1 is 1.33 bits per heavy atom. The van der Waals surface area contributed by atoms with Crippen molar-refractivity contribution >= 4 is 27.5 Å². The number of benzene rings is 1. The first-order valence-electron chi connectivity index (χ1n) is 6.91. The molecule has 3 nitrogen and oxygen atoms in total. The van der Waals surface area contributed by atoms with E-state index in [0.717, 1.165) is 28.8 Å². The van der Waals surface area contributed by atoms with Crippen LogP contribution in [0.5, 0.6) is 11.5 Å². The van der Waals surface area contributed by atoms with Gasteiger partial charge < -0.3 is 10.1 Å². The fourth-order valence-electron chi connectivity index (χ4n) is 2.00. The lowest BCUT2D eigenvalue weighted by Gasteiger charge is -2.18. The molecule has 0 saturated heterocycles. The van der Waals surface area contributed by atoms with Crippen LogP contribution < -0.4 is 10.1 Å². The summed E-state index contributed by atoms with van der Waals surface area (Å²) in [4.78, 5) is 4.04. The smallest absolute Gasteiger partial charge is 0.147 e. The van der Waals surface area contributed by atoms with E-state index in [1.165, 1.54) is 0 Å². The zero-order valence-electron chi connectivity index (χ0n) is 12.1. The molecule has 21 heavy (non-hydrogen) atoms. The van der Waals surface area contributed by atoms with Gasteiger partial charge in [0.15, 0.2) is 0 Å². The van der Waals surface area contributed by atoms with Gasteiger partial charge in [-0.05, 0) is 32.0 Å². The van der Waals surface area contributed by atoms with E-state index in [1.807, 2.05) is 12.1 Å². The molecule has 0 aliphatic rings. The van der Waals surface area contributed by atoms with Gasteiger partial charge in [-0.15, -0.1) is 0 Å². The number of rotatable bonds is 6. The summed E-state index contributed by atoms with van der Waals surface area (Å²) in [5.74, 6) is 1.43. The van der Waals surface area contributed by atoms with Crippen molar-refractivity contribution in [1.29, 1.82) is 0 Å². The number of ether oxygens (including phenoxy) is 1. The molecule has 0 saturated carbocycles. The topological polar surface area (TPSA) is 34.1 Å². The van der Waals surface area contributed by atoms with Gasteiger partial charge in [-0.25, -0.2) is 0 Å². The second kappa shape index (κ2) is 7.78. The molecule has 1 aromatic carbocycles. The SMILES string of the molecule is CCCNC(C)c1ccc(Br)cc1Oc1cncc(Cl)c1. The summed E-state index contributed by atoms with van der Waals surface area (Å²) in [5, 5.41) is 4.03. The van der Waals surface area contributed by atoms with Crippen LogP contribution in [0.1, 0.15) is 31.9 Å². The van der Waals surface area contributed by atoms with Gasteiger partial charge in [0.1, 0.15) is 11.5 Å². The molecular weight excluding hydrogens is 352 g/mol. The average molecular weight is 370 g/mol. The van der Waals surface area contributed by atoms with Crippen LogP contribution in [0.2, 0.25) is 5.02 Å². The number of hydrogen-bond donors (Lipinski definition) is 1. The first-order valence-corrected chi connectivity index (χ1v) is 8.08. The molecule has 0 aliphatic heterocycles.